The predicted octanol–water partition coefficient (Wildman–Crippen LogP) is 0.932. The van der Waals surface area contributed by atoms with E-state index in [1.165, 1.54) is 0 Å². The largest absolute Gasteiger partial charge is 0.484 e. The van der Waals surface area contributed by atoms with Crippen LogP contribution in [0.1, 0.15) is 24.5 Å². The number of nitrogens with one attached hydrogen (secondary N) is 1. The molecule has 1 aromatic rings. The van der Waals surface area contributed by atoms with Crippen molar-refractivity contribution in [2.45, 2.75) is 32.7 Å². The van der Waals surface area contributed by atoms with E-state index in [-0.39, 0.29) is 25.7 Å². The molecule has 20 heavy (non-hydrogen) atoms. The van der Waals surface area contributed by atoms with Gasteiger partial charge in [0.05, 0.1) is 18.8 Å². The summed E-state index contributed by atoms with van der Waals surface area (Å²) < 4.78 is 5.43. The molecule has 112 valence electrons. The van der Waals surface area contributed by atoms with Gasteiger partial charge in [-0.25, -0.2) is 0 Å². The fourth-order valence-corrected chi connectivity index (χ4v) is 1.94. The smallest absolute Gasteiger partial charge is 0.258 e. The predicted molar refractivity (Wildman–Crippen MR) is 76.7 cm³/mol. The van der Waals surface area contributed by atoms with Gasteiger partial charge in [-0.15, -0.1) is 0 Å². The molecule has 0 heterocycles. The second-order valence-corrected chi connectivity index (χ2v) is 5.11. The molecule has 0 fully saturated rings. The number of amides is 1. The van der Waals surface area contributed by atoms with Gasteiger partial charge in [-0.2, -0.15) is 0 Å². The number of aryl methyl sites for hydroxylation is 2. The topological polar surface area (TPSA) is 78.8 Å². The summed E-state index contributed by atoms with van der Waals surface area (Å²) in [4.78, 5) is 11.8. The van der Waals surface area contributed by atoms with Gasteiger partial charge in [-0.3, -0.25) is 4.79 Å². The highest BCUT2D eigenvalue weighted by atomic mass is 16.5. The molecule has 5 heteroatoms. The van der Waals surface area contributed by atoms with Crippen LogP contribution in [0, 0.1) is 13.8 Å². The van der Waals surface area contributed by atoms with Crippen LogP contribution in [0.2, 0.25) is 0 Å². The van der Waals surface area contributed by atoms with Crippen molar-refractivity contribution >= 4 is 5.91 Å². The zero-order valence-corrected chi connectivity index (χ0v) is 12.3. The Hall–Kier alpha value is -1.59. The van der Waals surface area contributed by atoms with Crippen LogP contribution < -0.4 is 10.1 Å². The number of rotatable bonds is 7. The minimum atomic E-state index is -0.983. The van der Waals surface area contributed by atoms with Crippen molar-refractivity contribution in [1.29, 1.82) is 0 Å². The summed E-state index contributed by atoms with van der Waals surface area (Å²) in [5.74, 6) is 0.266. The highest BCUT2D eigenvalue weighted by Gasteiger charge is 2.28. The van der Waals surface area contributed by atoms with Gasteiger partial charge in [0, 0.05) is 0 Å². The van der Waals surface area contributed by atoms with Crippen molar-refractivity contribution in [3.05, 3.63) is 29.3 Å². The van der Waals surface area contributed by atoms with E-state index in [2.05, 4.69) is 5.32 Å². The quantitative estimate of drug-likeness (QED) is 0.695. The van der Waals surface area contributed by atoms with Crippen molar-refractivity contribution < 1.29 is 19.7 Å². The SMILES string of the molecule is CCC(CO)(CO)NC(=O)COc1cc(C)cc(C)c1. The normalized spacial score (nSPS) is 11.2. The molecule has 0 spiro atoms. The Morgan fingerprint density at radius 1 is 1.20 bits per heavy atom. The van der Waals surface area contributed by atoms with Crippen molar-refractivity contribution in [2.24, 2.45) is 0 Å². The molecule has 0 aliphatic rings. The van der Waals surface area contributed by atoms with Crippen LogP contribution in [0.15, 0.2) is 18.2 Å². The molecule has 0 radical (unpaired) electrons. The first-order valence-corrected chi connectivity index (χ1v) is 6.68. The number of carbonyl (C=O) groups excluding carboxylic acids is 1. The van der Waals surface area contributed by atoms with E-state index in [1.807, 2.05) is 32.0 Å². The lowest BCUT2D eigenvalue weighted by atomic mass is 9.98. The molecular weight excluding hydrogens is 258 g/mol. The van der Waals surface area contributed by atoms with Crippen molar-refractivity contribution in [3.63, 3.8) is 0 Å². The maximum atomic E-state index is 11.8. The highest BCUT2D eigenvalue weighted by molar-refractivity contribution is 5.78. The second kappa shape index (κ2) is 7.26. The first kappa shape index (κ1) is 16.5. The number of aliphatic hydroxyl groups is 2. The summed E-state index contributed by atoms with van der Waals surface area (Å²) in [6, 6.07) is 5.73. The van der Waals surface area contributed by atoms with Crippen LogP contribution in [0.25, 0.3) is 0 Å². The fourth-order valence-electron chi connectivity index (χ4n) is 1.94. The first-order valence-electron chi connectivity index (χ1n) is 6.68. The zero-order valence-electron chi connectivity index (χ0n) is 12.3. The number of aliphatic hydroxyl groups excluding tert-OH is 2. The van der Waals surface area contributed by atoms with Crippen molar-refractivity contribution in [1.82, 2.24) is 5.32 Å². The number of hydrogen-bond donors (Lipinski definition) is 3. The molecular formula is C15H23NO4. The Morgan fingerprint density at radius 2 is 1.75 bits per heavy atom. The molecule has 1 rings (SSSR count). The molecule has 1 amide bonds. The molecule has 0 saturated carbocycles. The molecule has 1 aromatic carbocycles. The summed E-state index contributed by atoms with van der Waals surface area (Å²) >= 11 is 0. The lowest BCUT2D eigenvalue weighted by Crippen LogP contribution is -2.54. The molecule has 0 aromatic heterocycles. The summed E-state index contributed by atoms with van der Waals surface area (Å²) in [6.45, 7) is 4.94. The van der Waals surface area contributed by atoms with Gasteiger partial charge in [0.25, 0.3) is 5.91 Å². The van der Waals surface area contributed by atoms with Gasteiger partial charge < -0.3 is 20.3 Å². The monoisotopic (exact) mass is 281 g/mol. The minimum Gasteiger partial charge on any atom is -0.484 e. The van der Waals surface area contributed by atoms with Gasteiger partial charge >= 0.3 is 0 Å². The summed E-state index contributed by atoms with van der Waals surface area (Å²) in [5.41, 5.74) is 1.14. The average Bonchev–Trinajstić information content (AvgIpc) is 2.42. The standard InChI is InChI=1S/C15H23NO4/c1-4-15(9-17,10-18)16-14(19)8-20-13-6-11(2)5-12(3)7-13/h5-7,17-18H,4,8-10H2,1-3H3,(H,16,19). The fraction of sp³-hybridized carbons (Fsp3) is 0.533. The summed E-state index contributed by atoms with van der Waals surface area (Å²) in [6.07, 6.45) is 0.440. The van der Waals surface area contributed by atoms with Crippen LogP contribution in [0.5, 0.6) is 5.75 Å². The molecule has 5 nitrogen and oxygen atoms in total. The van der Waals surface area contributed by atoms with Crippen LogP contribution in [-0.2, 0) is 4.79 Å². The summed E-state index contributed by atoms with van der Waals surface area (Å²) in [5, 5.41) is 21.2. The molecule has 0 aliphatic heterocycles. The van der Waals surface area contributed by atoms with Gasteiger partial charge in [0.1, 0.15) is 5.75 Å². The Morgan fingerprint density at radius 3 is 2.20 bits per heavy atom. The Bertz CT molecular complexity index is 427. The third kappa shape index (κ3) is 4.51. The highest BCUT2D eigenvalue weighted by Crippen LogP contribution is 2.16. The van der Waals surface area contributed by atoms with E-state index in [0.717, 1.165) is 11.1 Å². The molecule has 0 bridgehead atoms. The maximum absolute atomic E-state index is 11.8. The van der Waals surface area contributed by atoms with Gasteiger partial charge in [0.15, 0.2) is 6.61 Å². The van der Waals surface area contributed by atoms with Crippen LogP contribution in [-0.4, -0.2) is 41.5 Å². The van der Waals surface area contributed by atoms with E-state index in [9.17, 15) is 15.0 Å². The van der Waals surface area contributed by atoms with E-state index in [1.54, 1.807) is 6.92 Å². The molecule has 0 atom stereocenters. The Kier molecular flexibility index (Phi) is 5.98. The number of hydrogen-bond acceptors (Lipinski definition) is 4. The lowest BCUT2D eigenvalue weighted by Gasteiger charge is -2.29. The number of benzene rings is 1. The van der Waals surface area contributed by atoms with E-state index in [4.69, 9.17) is 4.74 Å². The Balaban J connectivity index is 2.59. The van der Waals surface area contributed by atoms with Crippen LogP contribution in [0.3, 0.4) is 0 Å². The molecule has 0 aliphatic carbocycles. The Labute approximate surface area is 119 Å². The third-order valence-corrected chi connectivity index (χ3v) is 3.25. The van der Waals surface area contributed by atoms with E-state index < -0.39 is 5.54 Å². The number of carbonyl (C=O) groups is 1. The number of ether oxygens (including phenoxy) is 1. The molecule has 3 N–H and O–H groups in total. The minimum absolute atomic E-state index is 0.148. The maximum Gasteiger partial charge on any atom is 0.258 e. The van der Waals surface area contributed by atoms with E-state index in [0.29, 0.717) is 12.2 Å². The van der Waals surface area contributed by atoms with Gasteiger partial charge in [-0.05, 0) is 43.5 Å². The van der Waals surface area contributed by atoms with Gasteiger partial charge in [-0.1, -0.05) is 13.0 Å². The lowest BCUT2D eigenvalue weighted by molar-refractivity contribution is -0.126. The van der Waals surface area contributed by atoms with Crippen LogP contribution >= 0.6 is 0 Å². The van der Waals surface area contributed by atoms with Crippen molar-refractivity contribution in [3.8, 4) is 5.75 Å². The second-order valence-electron chi connectivity index (χ2n) is 5.11. The van der Waals surface area contributed by atoms with Crippen molar-refractivity contribution in [2.75, 3.05) is 19.8 Å². The van der Waals surface area contributed by atoms with E-state index >= 15 is 0 Å². The zero-order chi connectivity index (χ0) is 15.2. The van der Waals surface area contributed by atoms with Crippen LogP contribution in [0.4, 0.5) is 0 Å². The molecule has 0 unspecified atom stereocenters. The summed E-state index contributed by atoms with van der Waals surface area (Å²) in [7, 11) is 0. The average molecular weight is 281 g/mol. The molecule has 0 saturated heterocycles. The van der Waals surface area contributed by atoms with Gasteiger partial charge in [0.2, 0.25) is 0 Å². The first-order chi connectivity index (χ1) is 9.44. The third-order valence-electron chi connectivity index (χ3n) is 3.25.